The molecule has 0 unspecified atom stereocenters. The molecule has 11 nitrogen and oxygen atoms in total. The Kier molecular flexibility index (Phi) is 7.84. The van der Waals surface area contributed by atoms with Crippen molar-refractivity contribution >= 4 is 27.8 Å². The lowest BCUT2D eigenvalue weighted by Gasteiger charge is -2.11. The second kappa shape index (κ2) is 10.6. The fraction of sp³-hybridized carbons (Fsp3) is 0.333. The van der Waals surface area contributed by atoms with Gasteiger partial charge in [-0.3, -0.25) is 9.40 Å². The first-order valence-corrected chi connectivity index (χ1v) is 12.3. The summed E-state index contributed by atoms with van der Waals surface area (Å²) in [6, 6.07) is 3.38. The van der Waals surface area contributed by atoms with E-state index in [1.165, 1.54) is 18.0 Å². The number of alkyl carbamates (subject to hydrolysis) is 1. The van der Waals surface area contributed by atoms with Crippen LogP contribution in [-0.4, -0.2) is 60.7 Å². The van der Waals surface area contributed by atoms with Crippen LogP contribution >= 0.6 is 0 Å². The van der Waals surface area contributed by atoms with E-state index in [2.05, 4.69) is 30.4 Å². The lowest BCUT2D eigenvalue weighted by Crippen LogP contribution is -2.28. The summed E-state index contributed by atoms with van der Waals surface area (Å²) >= 11 is 0. The summed E-state index contributed by atoms with van der Waals surface area (Å²) in [5.74, 6) is -1.81. The number of sulfonamides is 1. The van der Waals surface area contributed by atoms with E-state index in [0.29, 0.717) is 17.8 Å². The van der Waals surface area contributed by atoms with Gasteiger partial charge in [0.05, 0.1) is 30.3 Å². The Morgan fingerprint density at radius 1 is 1.20 bits per heavy atom. The number of halogens is 2. The molecule has 0 aliphatic carbocycles. The van der Waals surface area contributed by atoms with E-state index in [1.807, 2.05) is 18.6 Å². The Balaban J connectivity index is 2.03. The minimum Gasteiger partial charge on any atom is -0.453 e. The molecular formula is C21H25F2N7O4S. The number of hydrogen-bond donors (Lipinski definition) is 3. The van der Waals surface area contributed by atoms with Crippen LogP contribution < -0.4 is 15.4 Å². The summed E-state index contributed by atoms with van der Waals surface area (Å²) < 4.78 is 61.5. The minimum atomic E-state index is -3.81. The van der Waals surface area contributed by atoms with Crippen LogP contribution in [0.5, 0.6) is 0 Å². The zero-order valence-corrected chi connectivity index (χ0v) is 20.3. The zero-order chi connectivity index (χ0) is 25.8. The smallest absolute Gasteiger partial charge is 0.406 e. The van der Waals surface area contributed by atoms with E-state index in [1.54, 1.807) is 12.3 Å². The number of benzene rings is 1. The molecular weight excluding hydrogens is 484 g/mol. The Morgan fingerprint density at radius 2 is 1.94 bits per heavy atom. The quantitative estimate of drug-likeness (QED) is 0.374. The lowest BCUT2D eigenvalue weighted by molar-refractivity contribution is 0.171. The molecule has 0 aliphatic rings. The molecule has 35 heavy (non-hydrogen) atoms. The van der Waals surface area contributed by atoms with Crippen molar-refractivity contribution in [3.05, 3.63) is 42.2 Å². The average molecular weight is 510 g/mol. The van der Waals surface area contributed by atoms with Crippen LogP contribution in [0.1, 0.15) is 19.9 Å². The monoisotopic (exact) mass is 509 g/mol. The van der Waals surface area contributed by atoms with Crippen molar-refractivity contribution in [2.75, 3.05) is 36.5 Å². The minimum absolute atomic E-state index is 0.0529. The van der Waals surface area contributed by atoms with E-state index in [0.717, 1.165) is 18.4 Å². The van der Waals surface area contributed by atoms with Gasteiger partial charge in [0.15, 0.2) is 5.82 Å². The summed E-state index contributed by atoms with van der Waals surface area (Å²) in [5, 5.41) is 9.81. The second-order valence-corrected chi connectivity index (χ2v) is 9.48. The van der Waals surface area contributed by atoms with E-state index in [9.17, 15) is 17.6 Å². The van der Waals surface area contributed by atoms with Gasteiger partial charge >= 0.3 is 6.09 Å². The summed E-state index contributed by atoms with van der Waals surface area (Å²) in [7, 11) is -2.55. The molecule has 1 aromatic carbocycles. The van der Waals surface area contributed by atoms with Gasteiger partial charge in [-0.05, 0) is 32.0 Å². The van der Waals surface area contributed by atoms with Gasteiger partial charge in [-0.15, -0.1) is 0 Å². The third kappa shape index (κ3) is 6.41. The number of carbonyl (C=O) groups is 1. The van der Waals surface area contributed by atoms with Crippen molar-refractivity contribution in [1.29, 1.82) is 0 Å². The molecule has 14 heteroatoms. The van der Waals surface area contributed by atoms with Crippen LogP contribution in [-0.2, 0) is 14.8 Å². The fourth-order valence-electron chi connectivity index (χ4n) is 3.08. The molecule has 0 bridgehead atoms. The van der Waals surface area contributed by atoms with Gasteiger partial charge in [0.2, 0.25) is 16.0 Å². The standard InChI is InChI=1S/C21H25F2N7O4S/c1-12(2)30-11-13(15-7-8-24-20(27-15)25-9-10-26-21(31)34-3)19(28-30)17-14(22)5-6-16(18(17)23)29-35(4,32)33/h5-8,11-12,29H,9-10H2,1-4H3,(H,26,31)(H,24,25,27). The van der Waals surface area contributed by atoms with E-state index in [4.69, 9.17) is 0 Å². The number of nitrogens with zero attached hydrogens (tertiary/aromatic N) is 4. The fourth-order valence-corrected chi connectivity index (χ4v) is 3.64. The molecule has 2 heterocycles. The van der Waals surface area contributed by atoms with Gasteiger partial charge in [0.1, 0.15) is 11.5 Å². The molecule has 3 N–H and O–H groups in total. The van der Waals surface area contributed by atoms with Crippen LogP contribution in [0.4, 0.5) is 25.2 Å². The number of ether oxygens (including phenoxy) is 1. The number of aromatic nitrogens is 4. The highest BCUT2D eigenvalue weighted by molar-refractivity contribution is 7.92. The molecule has 0 saturated carbocycles. The summed E-state index contributed by atoms with van der Waals surface area (Å²) in [6.07, 6.45) is 3.35. The maximum Gasteiger partial charge on any atom is 0.406 e. The normalized spacial score (nSPS) is 11.4. The molecule has 3 aromatic rings. The van der Waals surface area contributed by atoms with Crippen molar-refractivity contribution in [1.82, 2.24) is 25.1 Å². The first-order valence-electron chi connectivity index (χ1n) is 10.4. The van der Waals surface area contributed by atoms with Gasteiger partial charge in [-0.2, -0.15) is 5.10 Å². The number of anilines is 2. The van der Waals surface area contributed by atoms with Gasteiger partial charge < -0.3 is 15.4 Å². The van der Waals surface area contributed by atoms with E-state index in [-0.39, 0.29) is 24.2 Å². The molecule has 0 aliphatic heterocycles. The number of nitrogens with one attached hydrogen (secondary N) is 3. The van der Waals surface area contributed by atoms with Crippen LogP contribution in [0.2, 0.25) is 0 Å². The molecule has 0 fully saturated rings. The SMILES string of the molecule is COC(=O)NCCNc1nccc(-c2cn(C(C)C)nc2-c2c(F)ccc(NS(C)(=O)=O)c2F)n1. The molecule has 3 rings (SSSR count). The predicted molar refractivity (Wildman–Crippen MR) is 126 cm³/mol. The van der Waals surface area contributed by atoms with Crippen molar-refractivity contribution < 1.29 is 26.7 Å². The highest BCUT2D eigenvalue weighted by atomic mass is 32.2. The van der Waals surface area contributed by atoms with Crippen molar-refractivity contribution in [3.63, 3.8) is 0 Å². The Labute approximate surface area is 201 Å². The zero-order valence-electron chi connectivity index (χ0n) is 19.5. The summed E-state index contributed by atoms with van der Waals surface area (Å²) in [5.41, 5.74) is -0.319. The van der Waals surface area contributed by atoms with Crippen LogP contribution in [0.3, 0.4) is 0 Å². The average Bonchev–Trinajstić information content (AvgIpc) is 3.23. The Bertz CT molecular complexity index is 1330. The number of amides is 1. The number of rotatable bonds is 9. The van der Waals surface area contributed by atoms with Crippen LogP contribution in [0, 0.1) is 11.6 Å². The molecule has 0 atom stereocenters. The number of methoxy groups -OCH3 is 1. The highest BCUT2D eigenvalue weighted by Crippen LogP contribution is 2.36. The predicted octanol–water partition coefficient (Wildman–Crippen LogP) is 3.01. The maximum absolute atomic E-state index is 15.3. The molecule has 188 valence electrons. The first kappa shape index (κ1) is 25.8. The van der Waals surface area contributed by atoms with E-state index >= 15 is 4.39 Å². The maximum atomic E-state index is 15.3. The molecule has 0 spiro atoms. The highest BCUT2D eigenvalue weighted by Gasteiger charge is 2.24. The summed E-state index contributed by atoms with van der Waals surface area (Å²) in [4.78, 5) is 19.7. The van der Waals surface area contributed by atoms with Crippen LogP contribution in [0.25, 0.3) is 22.5 Å². The third-order valence-electron chi connectivity index (χ3n) is 4.68. The van der Waals surface area contributed by atoms with Crippen molar-refractivity contribution in [3.8, 4) is 22.5 Å². The topological polar surface area (TPSA) is 140 Å². The first-order chi connectivity index (χ1) is 16.5. The molecule has 2 aromatic heterocycles. The second-order valence-electron chi connectivity index (χ2n) is 7.73. The van der Waals surface area contributed by atoms with Gasteiger partial charge in [-0.25, -0.2) is 32.0 Å². The Morgan fingerprint density at radius 3 is 2.60 bits per heavy atom. The summed E-state index contributed by atoms with van der Waals surface area (Å²) in [6.45, 7) is 4.22. The van der Waals surface area contributed by atoms with E-state index < -0.39 is 39.0 Å². The number of carbonyl (C=O) groups excluding carboxylic acids is 1. The lowest BCUT2D eigenvalue weighted by atomic mass is 10.0. The van der Waals surface area contributed by atoms with Gasteiger partial charge in [-0.1, -0.05) is 0 Å². The Hall–Kier alpha value is -3.81. The number of hydrogen-bond acceptors (Lipinski definition) is 8. The largest absolute Gasteiger partial charge is 0.453 e. The van der Waals surface area contributed by atoms with Gasteiger partial charge in [0, 0.05) is 37.1 Å². The molecule has 0 saturated heterocycles. The molecule has 1 amide bonds. The third-order valence-corrected chi connectivity index (χ3v) is 5.27. The molecule has 0 radical (unpaired) electrons. The van der Waals surface area contributed by atoms with Crippen LogP contribution in [0.15, 0.2) is 30.6 Å². The van der Waals surface area contributed by atoms with Crippen molar-refractivity contribution in [2.45, 2.75) is 19.9 Å². The van der Waals surface area contributed by atoms with Gasteiger partial charge in [0.25, 0.3) is 0 Å². The van der Waals surface area contributed by atoms with Crippen molar-refractivity contribution in [2.24, 2.45) is 0 Å².